The number of halogens is 3. The third-order valence-electron chi connectivity index (χ3n) is 4.82. The Balaban J connectivity index is 1.76. The van der Waals surface area contributed by atoms with Crippen molar-refractivity contribution in [2.75, 3.05) is 13.1 Å². The molecule has 1 N–H and O–H groups in total. The molecule has 0 atom stereocenters. The fraction of sp³-hybridized carbons (Fsp3) is 0.438. The molecular formula is C16H17F3N2O3S. The third kappa shape index (κ3) is 3.30. The molecule has 0 bridgehead atoms. The zero-order valence-corrected chi connectivity index (χ0v) is 14.0. The van der Waals surface area contributed by atoms with Crippen molar-refractivity contribution in [2.24, 2.45) is 5.41 Å². The third-order valence-corrected chi connectivity index (χ3v) is 6.73. The summed E-state index contributed by atoms with van der Waals surface area (Å²) in [5, 5.41) is 2.65. The molecular weight excluding hydrogens is 357 g/mol. The van der Waals surface area contributed by atoms with Crippen LogP contribution in [0.1, 0.15) is 24.8 Å². The predicted octanol–water partition coefficient (Wildman–Crippen LogP) is 2.51. The van der Waals surface area contributed by atoms with E-state index in [1.165, 1.54) is 4.31 Å². The lowest BCUT2D eigenvalue weighted by Gasteiger charge is -2.40. The Bertz CT molecular complexity index is 793. The second-order valence-corrected chi connectivity index (χ2v) is 8.22. The van der Waals surface area contributed by atoms with Crippen molar-refractivity contribution in [2.45, 2.75) is 30.3 Å². The standard InChI is InChI=1S/C16H17F3N2O3S/c17-16(18,19)12-2-4-13(5-3-12)25(23,24)21-10-7-15(8-11-21)6-1-9-20-14(15)22/h1-5,9H,6-8,10-11H2,(H,20,22). The summed E-state index contributed by atoms with van der Waals surface area (Å²) in [5.41, 5.74) is -1.49. The number of benzene rings is 1. The number of piperidine rings is 1. The molecule has 1 saturated heterocycles. The summed E-state index contributed by atoms with van der Waals surface area (Å²) in [6, 6.07) is 3.46. The molecule has 25 heavy (non-hydrogen) atoms. The average molecular weight is 374 g/mol. The highest BCUT2D eigenvalue weighted by Crippen LogP contribution is 2.39. The van der Waals surface area contributed by atoms with Crippen molar-refractivity contribution in [3.05, 3.63) is 42.1 Å². The normalized spacial score (nSPS) is 21.3. The van der Waals surface area contributed by atoms with Crippen molar-refractivity contribution in [3.8, 4) is 0 Å². The minimum atomic E-state index is -4.51. The fourth-order valence-corrected chi connectivity index (χ4v) is 4.66. The van der Waals surface area contributed by atoms with E-state index in [1.54, 1.807) is 6.20 Å². The molecule has 5 nitrogen and oxygen atoms in total. The Kier molecular flexibility index (Phi) is 4.40. The monoisotopic (exact) mass is 374 g/mol. The summed E-state index contributed by atoms with van der Waals surface area (Å²) in [4.78, 5) is 11.9. The van der Waals surface area contributed by atoms with Crippen LogP contribution in [0.15, 0.2) is 41.4 Å². The molecule has 0 aromatic heterocycles. The molecule has 0 radical (unpaired) electrons. The van der Waals surface area contributed by atoms with Gasteiger partial charge in [0.15, 0.2) is 0 Å². The molecule has 0 aliphatic carbocycles. The molecule has 0 saturated carbocycles. The number of amides is 1. The number of nitrogens with one attached hydrogen (secondary N) is 1. The van der Waals surface area contributed by atoms with E-state index < -0.39 is 27.2 Å². The first kappa shape index (κ1) is 17.9. The summed E-state index contributed by atoms with van der Waals surface area (Å²) < 4.78 is 64.3. The van der Waals surface area contributed by atoms with Crippen LogP contribution in [0.3, 0.4) is 0 Å². The zero-order chi connectivity index (χ0) is 18.3. The molecule has 1 amide bonds. The maximum absolute atomic E-state index is 12.6. The van der Waals surface area contributed by atoms with E-state index in [4.69, 9.17) is 0 Å². The maximum Gasteiger partial charge on any atom is 0.416 e. The summed E-state index contributed by atoms with van der Waals surface area (Å²) >= 11 is 0. The summed E-state index contributed by atoms with van der Waals surface area (Å²) in [5.74, 6) is -0.110. The average Bonchev–Trinajstić information content (AvgIpc) is 2.57. The highest BCUT2D eigenvalue weighted by Gasteiger charge is 2.44. The van der Waals surface area contributed by atoms with Crippen molar-refractivity contribution >= 4 is 15.9 Å². The largest absolute Gasteiger partial charge is 0.416 e. The zero-order valence-electron chi connectivity index (χ0n) is 13.2. The molecule has 9 heteroatoms. The van der Waals surface area contributed by atoms with E-state index >= 15 is 0 Å². The smallest absolute Gasteiger partial charge is 0.333 e. The van der Waals surface area contributed by atoms with Gasteiger partial charge >= 0.3 is 6.18 Å². The Hall–Kier alpha value is -1.87. The summed E-state index contributed by atoms with van der Waals surface area (Å²) in [6.45, 7) is 0.315. The van der Waals surface area contributed by atoms with Gasteiger partial charge in [0.25, 0.3) is 0 Å². The molecule has 1 spiro atoms. The number of hydrogen-bond acceptors (Lipinski definition) is 3. The van der Waals surface area contributed by atoms with Gasteiger partial charge in [-0.25, -0.2) is 8.42 Å². The van der Waals surface area contributed by atoms with Gasteiger partial charge in [0.1, 0.15) is 0 Å². The molecule has 1 aromatic carbocycles. The van der Waals surface area contributed by atoms with Crippen LogP contribution in [0.2, 0.25) is 0 Å². The van der Waals surface area contributed by atoms with Crippen molar-refractivity contribution < 1.29 is 26.4 Å². The Morgan fingerprint density at radius 3 is 2.20 bits per heavy atom. The van der Waals surface area contributed by atoms with Crippen LogP contribution in [-0.2, 0) is 21.0 Å². The van der Waals surface area contributed by atoms with E-state index in [1.807, 2.05) is 6.08 Å². The van der Waals surface area contributed by atoms with Crippen molar-refractivity contribution in [1.29, 1.82) is 0 Å². The minimum absolute atomic E-state index is 0.110. The van der Waals surface area contributed by atoms with E-state index in [0.717, 1.165) is 24.3 Å². The first-order valence-electron chi connectivity index (χ1n) is 7.79. The molecule has 2 aliphatic heterocycles. The molecule has 3 rings (SSSR count). The van der Waals surface area contributed by atoms with Gasteiger partial charge in [-0.1, -0.05) is 6.08 Å². The summed E-state index contributed by atoms with van der Waals surface area (Å²) in [7, 11) is -3.88. The van der Waals surface area contributed by atoms with Gasteiger partial charge in [-0.15, -0.1) is 0 Å². The van der Waals surface area contributed by atoms with E-state index in [9.17, 15) is 26.4 Å². The molecule has 1 fully saturated rings. The van der Waals surface area contributed by atoms with Crippen LogP contribution in [0.25, 0.3) is 0 Å². The number of carbonyl (C=O) groups excluding carboxylic acids is 1. The topological polar surface area (TPSA) is 66.5 Å². The number of hydrogen-bond donors (Lipinski definition) is 1. The minimum Gasteiger partial charge on any atom is -0.333 e. The molecule has 2 aliphatic rings. The van der Waals surface area contributed by atoms with Gasteiger partial charge in [-0.2, -0.15) is 17.5 Å². The molecule has 2 heterocycles. The Morgan fingerprint density at radius 1 is 1.08 bits per heavy atom. The maximum atomic E-state index is 12.6. The number of sulfonamides is 1. The lowest BCUT2D eigenvalue weighted by molar-refractivity contribution is -0.137. The van der Waals surface area contributed by atoms with Crippen LogP contribution in [0, 0.1) is 5.41 Å². The van der Waals surface area contributed by atoms with E-state index in [2.05, 4.69) is 5.32 Å². The van der Waals surface area contributed by atoms with E-state index in [-0.39, 0.29) is 23.9 Å². The van der Waals surface area contributed by atoms with Crippen LogP contribution in [-0.4, -0.2) is 31.7 Å². The number of alkyl halides is 3. The van der Waals surface area contributed by atoms with Crippen LogP contribution < -0.4 is 5.32 Å². The highest BCUT2D eigenvalue weighted by atomic mass is 32.2. The fourth-order valence-electron chi connectivity index (χ4n) is 3.22. The molecule has 1 aromatic rings. The number of allylic oxidation sites excluding steroid dienone is 1. The molecule has 136 valence electrons. The first-order chi connectivity index (χ1) is 11.7. The van der Waals surface area contributed by atoms with Gasteiger partial charge < -0.3 is 5.32 Å². The van der Waals surface area contributed by atoms with Gasteiger partial charge in [0.2, 0.25) is 15.9 Å². The second kappa shape index (κ2) is 6.14. The Morgan fingerprint density at radius 2 is 1.68 bits per heavy atom. The van der Waals surface area contributed by atoms with Gasteiger partial charge in [0.05, 0.1) is 15.9 Å². The Labute approximate surface area is 143 Å². The van der Waals surface area contributed by atoms with Crippen LogP contribution >= 0.6 is 0 Å². The number of carbonyl (C=O) groups is 1. The quantitative estimate of drug-likeness (QED) is 0.865. The SMILES string of the molecule is O=C1NC=CCC12CCN(S(=O)(=O)c1ccc(C(F)(F)F)cc1)CC2. The number of rotatable bonds is 2. The molecule has 0 unspecified atom stereocenters. The van der Waals surface area contributed by atoms with Crippen LogP contribution in [0.4, 0.5) is 13.2 Å². The van der Waals surface area contributed by atoms with Crippen LogP contribution in [0.5, 0.6) is 0 Å². The summed E-state index contributed by atoms with van der Waals surface area (Å²) in [6.07, 6.45) is 0.237. The van der Waals surface area contributed by atoms with Crippen molar-refractivity contribution in [1.82, 2.24) is 9.62 Å². The van der Waals surface area contributed by atoms with Crippen molar-refractivity contribution in [3.63, 3.8) is 0 Å². The first-order valence-corrected chi connectivity index (χ1v) is 9.23. The predicted molar refractivity (Wildman–Crippen MR) is 83.8 cm³/mol. The van der Waals surface area contributed by atoms with Gasteiger partial charge in [-0.05, 0) is 49.7 Å². The lowest BCUT2D eigenvalue weighted by Crippen LogP contribution is -2.50. The van der Waals surface area contributed by atoms with E-state index in [0.29, 0.717) is 19.3 Å². The van der Waals surface area contributed by atoms with Gasteiger partial charge in [-0.3, -0.25) is 4.79 Å². The lowest BCUT2D eigenvalue weighted by atomic mass is 9.74. The highest BCUT2D eigenvalue weighted by molar-refractivity contribution is 7.89. The number of nitrogens with zero attached hydrogens (tertiary/aromatic N) is 1. The van der Waals surface area contributed by atoms with Gasteiger partial charge in [0, 0.05) is 13.1 Å². The second-order valence-electron chi connectivity index (χ2n) is 6.29.